The molecule has 2 heterocycles. The first-order valence-electron chi connectivity index (χ1n) is 8.02. The molecular weight excluding hydrogens is 370 g/mol. The van der Waals surface area contributed by atoms with E-state index >= 15 is 0 Å². The fourth-order valence-corrected chi connectivity index (χ4v) is 3.67. The number of fused-ring (bicyclic) bond motifs is 1. The van der Waals surface area contributed by atoms with E-state index in [0.29, 0.717) is 16.9 Å². The third-order valence-corrected chi connectivity index (χ3v) is 5.25. The minimum absolute atomic E-state index is 0.550. The second-order valence-electron chi connectivity index (χ2n) is 5.76. The van der Waals surface area contributed by atoms with E-state index in [4.69, 9.17) is 20.8 Å². The van der Waals surface area contributed by atoms with Gasteiger partial charge in [-0.1, -0.05) is 17.7 Å². The molecule has 4 aromatic rings. The van der Waals surface area contributed by atoms with Crippen LogP contribution in [0.3, 0.4) is 0 Å². The molecule has 4 rings (SSSR count). The van der Waals surface area contributed by atoms with Gasteiger partial charge in [0.25, 0.3) is 0 Å². The molecular formula is C19H16ClN3O2S. The van der Waals surface area contributed by atoms with Crippen molar-refractivity contribution in [1.29, 1.82) is 0 Å². The van der Waals surface area contributed by atoms with Crippen molar-refractivity contribution in [3.8, 4) is 17.2 Å². The second-order valence-corrected chi connectivity index (χ2v) is 7.46. The second kappa shape index (κ2) is 6.97. The summed E-state index contributed by atoms with van der Waals surface area (Å²) in [5, 5.41) is 3.43. The van der Waals surface area contributed by atoms with Crippen LogP contribution in [-0.4, -0.2) is 17.1 Å². The summed E-state index contributed by atoms with van der Waals surface area (Å²) in [6.45, 7) is 2.71. The molecule has 0 unspecified atom stereocenters. The van der Waals surface area contributed by atoms with Gasteiger partial charge in [-0.05, 0) is 36.8 Å². The van der Waals surface area contributed by atoms with Gasteiger partial charge in [0.15, 0.2) is 10.0 Å². The molecule has 0 aliphatic carbocycles. The highest BCUT2D eigenvalue weighted by Crippen LogP contribution is 2.32. The maximum absolute atomic E-state index is 5.94. The summed E-state index contributed by atoms with van der Waals surface area (Å²) in [4.78, 5) is 9.76. The Balaban J connectivity index is 1.64. The fourth-order valence-electron chi connectivity index (χ4n) is 2.76. The van der Waals surface area contributed by atoms with Gasteiger partial charge in [0, 0.05) is 28.4 Å². The van der Waals surface area contributed by atoms with Gasteiger partial charge in [-0.25, -0.2) is 9.97 Å². The Kier molecular flexibility index (Phi) is 4.53. The Bertz CT molecular complexity index is 1070. The molecule has 7 heteroatoms. The number of oxazole rings is 1. The van der Waals surface area contributed by atoms with Crippen molar-refractivity contribution >= 4 is 39.7 Å². The lowest BCUT2D eigenvalue weighted by Gasteiger charge is -2.10. The number of nitrogens with one attached hydrogen (secondary N) is 1. The van der Waals surface area contributed by atoms with Crippen LogP contribution < -0.4 is 10.1 Å². The average Bonchev–Trinajstić information content (AvgIpc) is 3.25. The number of methoxy groups -OCH3 is 1. The third kappa shape index (κ3) is 3.25. The number of hydrogen-bond donors (Lipinski definition) is 1. The van der Waals surface area contributed by atoms with E-state index in [0.717, 1.165) is 38.5 Å². The van der Waals surface area contributed by atoms with Crippen LogP contribution in [0.4, 0.5) is 5.69 Å². The molecule has 0 atom stereocenters. The van der Waals surface area contributed by atoms with Gasteiger partial charge in [0.2, 0.25) is 5.89 Å². The normalized spacial score (nSPS) is 11.0. The summed E-state index contributed by atoms with van der Waals surface area (Å²) in [7, 11) is 1.64. The van der Waals surface area contributed by atoms with Crippen LogP contribution >= 0.6 is 22.9 Å². The highest BCUT2D eigenvalue weighted by molar-refractivity contribution is 7.15. The van der Waals surface area contributed by atoms with E-state index in [9.17, 15) is 0 Å². The van der Waals surface area contributed by atoms with Crippen molar-refractivity contribution in [3.63, 3.8) is 0 Å². The fraction of sp³-hybridized carbons (Fsp3) is 0.158. The zero-order valence-electron chi connectivity index (χ0n) is 14.2. The molecule has 0 amide bonds. The SMILES string of the molecule is COc1ccc2oc(-c3cccc(NCc4cnc(Cl)s4)c3C)nc2c1. The quantitative estimate of drug-likeness (QED) is 0.489. The molecule has 0 bridgehead atoms. The van der Waals surface area contributed by atoms with Gasteiger partial charge >= 0.3 is 0 Å². The molecule has 0 radical (unpaired) electrons. The highest BCUT2D eigenvalue weighted by Gasteiger charge is 2.13. The smallest absolute Gasteiger partial charge is 0.227 e. The Morgan fingerprint density at radius 1 is 1.27 bits per heavy atom. The van der Waals surface area contributed by atoms with Crippen molar-refractivity contribution in [2.24, 2.45) is 0 Å². The van der Waals surface area contributed by atoms with Gasteiger partial charge < -0.3 is 14.5 Å². The molecule has 0 spiro atoms. The van der Waals surface area contributed by atoms with Gasteiger partial charge in [-0.15, -0.1) is 11.3 Å². The summed E-state index contributed by atoms with van der Waals surface area (Å²) in [6.07, 6.45) is 1.79. The molecule has 26 heavy (non-hydrogen) atoms. The van der Waals surface area contributed by atoms with E-state index in [2.05, 4.69) is 15.3 Å². The highest BCUT2D eigenvalue weighted by atomic mass is 35.5. The predicted molar refractivity (Wildman–Crippen MR) is 105 cm³/mol. The standard InChI is InChI=1S/C19H16ClN3O2S/c1-11-14(18-23-16-8-12(24-2)6-7-17(16)25-18)4-3-5-15(11)21-9-13-10-22-19(20)26-13/h3-8,10,21H,9H2,1-2H3. The summed E-state index contributed by atoms with van der Waals surface area (Å²) >= 11 is 7.36. The summed E-state index contributed by atoms with van der Waals surface area (Å²) in [5.74, 6) is 1.35. The van der Waals surface area contributed by atoms with Crippen LogP contribution in [0.15, 0.2) is 47.0 Å². The molecule has 5 nitrogen and oxygen atoms in total. The molecule has 0 fully saturated rings. The maximum atomic E-state index is 5.94. The Morgan fingerprint density at radius 3 is 2.92 bits per heavy atom. The first-order valence-corrected chi connectivity index (χ1v) is 9.22. The number of halogens is 1. The van der Waals surface area contributed by atoms with Crippen LogP contribution in [0.5, 0.6) is 5.75 Å². The van der Waals surface area contributed by atoms with Gasteiger partial charge in [-0.3, -0.25) is 0 Å². The van der Waals surface area contributed by atoms with Gasteiger partial charge in [0.1, 0.15) is 11.3 Å². The Hall–Kier alpha value is -2.57. The first-order chi connectivity index (χ1) is 12.6. The van der Waals surface area contributed by atoms with Crippen molar-refractivity contribution in [2.45, 2.75) is 13.5 Å². The minimum Gasteiger partial charge on any atom is -0.497 e. The maximum Gasteiger partial charge on any atom is 0.227 e. The van der Waals surface area contributed by atoms with E-state index in [1.807, 2.05) is 43.3 Å². The number of nitrogens with zero attached hydrogens (tertiary/aromatic N) is 2. The lowest BCUT2D eigenvalue weighted by molar-refractivity contribution is 0.415. The largest absolute Gasteiger partial charge is 0.497 e. The molecule has 132 valence electrons. The number of aromatic nitrogens is 2. The zero-order chi connectivity index (χ0) is 18.1. The van der Waals surface area contributed by atoms with Crippen molar-refractivity contribution in [2.75, 3.05) is 12.4 Å². The number of hydrogen-bond acceptors (Lipinski definition) is 6. The predicted octanol–water partition coefficient (Wildman–Crippen LogP) is 5.53. The van der Waals surface area contributed by atoms with Crippen LogP contribution in [0.25, 0.3) is 22.6 Å². The summed E-state index contributed by atoms with van der Waals surface area (Å²) in [5.41, 5.74) is 4.55. The molecule has 0 aliphatic rings. The van der Waals surface area contributed by atoms with Crippen molar-refractivity contribution in [1.82, 2.24) is 9.97 Å². The van der Waals surface area contributed by atoms with E-state index < -0.39 is 0 Å². The molecule has 0 saturated heterocycles. The van der Waals surface area contributed by atoms with Crippen LogP contribution in [-0.2, 0) is 6.54 Å². The number of rotatable bonds is 5. The van der Waals surface area contributed by atoms with E-state index in [1.54, 1.807) is 13.3 Å². The van der Waals surface area contributed by atoms with Crippen LogP contribution in [0, 0.1) is 6.92 Å². The van der Waals surface area contributed by atoms with Crippen LogP contribution in [0.1, 0.15) is 10.4 Å². The molecule has 2 aromatic heterocycles. The Morgan fingerprint density at radius 2 is 2.15 bits per heavy atom. The number of ether oxygens (including phenoxy) is 1. The third-order valence-electron chi connectivity index (χ3n) is 4.14. The molecule has 1 N–H and O–H groups in total. The molecule has 2 aromatic carbocycles. The van der Waals surface area contributed by atoms with Crippen molar-refractivity contribution in [3.05, 3.63) is 57.5 Å². The zero-order valence-corrected chi connectivity index (χ0v) is 15.8. The average molecular weight is 386 g/mol. The Labute approximate surface area is 159 Å². The summed E-state index contributed by atoms with van der Waals surface area (Å²) in [6, 6.07) is 11.6. The van der Waals surface area contributed by atoms with Gasteiger partial charge in [0.05, 0.1) is 13.7 Å². The molecule has 0 saturated carbocycles. The van der Waals surface area contributed by atoms with E-state index in [1.165, 1.54) is 11.3 Å². The van der Waals surface area contributed by atoms with Crippen molar-refractivity contribution < 1.29 is 9.15 Å². The van der Waals surface area contributed by atoms with E-state index in [-0.39, 0.29) is 0 Å². The topological polar surface area (TPSA) is 60.2 Å². The summed E-state index contributed by atoms with van der Waals surface area (Å²) < 4.78 is 11.7. The lowest BCUT2D eigenvalue weighted by Crippen LogP contribution is -2.00. The lowest BCUT2D eigenvalue weighted by atomic mass is 10.1. The van der Waals surface area contributed by atoms with Crippen LogP contribution in [0.2, 0.25) is 4.47 Å². The number of benzene rings is 2. The van der Waals surface area contributed by atoms with Gasteiger partial charge in [-0.2, -0.15) is 0 Å². The number of thiazole rings is 1. The minimum atomic E-state index is 0.550. The first kappa shape index (κ1) is 16.9. The monoisotopic (exact) mass is 385 g/mol. The number of anilines is 1. The molecule has 0 aliphatic heterocycles.